The van der Waals surface area contributed by atoms with Crippen LogP contribution >= 0.6 is 12.2 Å². The lowest BCUT2D eigenvalue weighted by Gasteiger charge is -2.09. The van der Waals surface area contributed by atoms with Gasteiger partial charge in [0.05, 0.1) is 19.9 Å². The molecule has 80 valence electrons. The highest BCUT2D eigenvalue weighted by Gasteiger charge is 2.10. The fraction of sp³-hybridized carbons (Fsp3) is 0.200. The molecule has 1 rings (SSSR count). The van der Waals surface area contributed by atoms with Gasteiger partial charge in [-0.1, -0.05) is 24.4 Å². The molecule has 0 aliphatic rings. The Morgan fingerprint density at radius 1 is 1.33 bits per heavy atom. The number of hydrogen-bond acceptors (Lipinski definition) is 4. The van der Waals surface area contributed by atoms with Crippen molar-refractivity contribution >= 4 is 28.9 Å². The minimum Gasteiger partial charge on any atom is -0.495 e. The van der Waals surface area contributed by atoms with E-state index in [0.29, 0.717) is 11.4 Å². The van der Waals surface area contributed by atoms with E-state index in [0.717, 1.165) is 0 Å². The van der Waals surface area contributed by atoms with Gasteiger partial charge in [0, 0.05) is 0 Å². The first-order chi connectivity index (χ1) is 7.19. The summed E-state index contributed by atoms with van der Waals surface area (Å²) in [5, 5.41) is 2.74. The minimum atomic E-state index is -0.573. The number of thiocarbonyl (C=S) groups is 1. The van der Waals surface area contributed by atoms with E-state index in [1.54, 1.807) is 19.2 Å². The Bertz CT molecular complexity index is 379. The number of para-hydroxylation sites is 2. The summed E-state index contributed by atoms with van der Waals surface area (Å²) in [6.45, 7) is 0. The molecule has 5 heteroatoms. The van der Waals surface area contributed by atoms with E-state index in [9.17, 15) is 4.79 Å². The van der Waals surface area contributed by atoms with Gasteiger partial charge >= 0.3 is 5.97 Å². The minimum absolute atomic E-state index is 0.00185. The SMILES string of the molecule is COC(=O)C(=S)Nc1ccccc1OC. The number of benzene rings is 1. The first-order valence-electron chi connectivity index (χ1n) is 4.21. The van der Waals surface area contributed by atoms with Crippen LogP contribution in [0.1, 0.15) is 0 Å². The van der Waals surface area contributed by atoms with Gasteiger partial charge < -0.3 is 14.8 Å². The Morgan fingerprint density at radius 2 is 2.00 bits per heavy atom. The number of rotatable bonds is 2. The predicted octanol–water partition coefficient (Wildman–Crippen LogP) is 1.61. The summed E-state index contributed by atoms with van der Waals surface area (Å²) in [6, 6.07) is 7.16. The van der Waals surface area contributed by atoms with Crippen molar-refractivity contribution in [2.24, 2.45) is 0 Å². The van der Waals surface area contributed by atoms with Crippen LogP contribution in [0.25, 0.3) is 0 Å². The second-order valence-corrected chi connectivity index (χ2v) is 3.05. The largest absolute Gasteiger partial charge is 0.495 e. The Morgan fingerprint density at radius 3 is 2.60 bits per heavy atom. The molecule has 1 aromatic carbocycles. The van der Waals surface area contributed by atoms with Crippen LogP contribution < -0.4 is 10.1 Å². The zero-order valence-electron chi connectivity index (χ0n) is 8.44. The average molecular weight is 225 g/mol. The molecule has 0 spiro atoms. The molecule has 0 aromatic heterocycles. The van der Waals surface area contributed by atoms with E-state index in [-0.39, 0.29) is 4.99 Å². The molecule has 0 saturated heterocycles. The molecule has 0 bridgehead atoms. The van der Waals surface area contributed by atoms with Crippen LogP contribution in [0.3, 0.4) is 0 Å². The monoisotopic (exact) mass is 225 g/mol. The lowest BCUT2D eigenvalue weighted by molar-refractivity contribution is -0.132. The van der Waals surface area contributed by atoms with Gasteiger partial charge in [0.1, 0.15) is 5.75 Å². The van der Waals surface area contributed by atoms with Gasteiger partial charge in [-0.2, -0.15) is 0 Å². The van der Waals surface area contributed by atoms with Crippen LogP contribution in [0.2, 0.25) is 0 Å². The summed E-state index contributed by atoms with van der Waals surface area (Å²) in [7, 11) is 2.82. The molecule has 0 aliphatic carbocycles. The van der Waals surface area contributed by atoms with Crippen molar-refractivity contribution in [3.05, 3.63) is 24.3 Å². The molecule has 1 N–H and O–H groups in total. The average Bonchev–Trinajstić information content (AvgIpc) is 2.28. The van der Waals surface area contributed by atoms with Gasteiger partial charge in [-0.15, -0.1) is 0 Å². The Kier molecular flexibility index (Phi) is 4.05. The van der Waals surface area contributed by atoms with Crippen LogP contribution in [-0.2, 0) is 9.53 Å². The van der Waals surface area contributed by atoms with E-state index in [2.05, 4.69) is 10.1 Å². The lowest BCUT2D eigenvalue weighted by Crippen LogP contribution is -2.22. The fourth-order valence-electron chi connectivity index (χ4n) is 1.01. The maximum Gasteiger partial charge on any atom is 0.365 e. The molecular weight excluding hydrogens is 214 g/mol. The van der Waals surface area contributed by atoms with Gasteiger partial charge in [-0.3, -0.25) is 0 Å². The number of carbonyl (C=O) groups excluding carboxylic acids is 1. The fourth-order valence-corrected chi connectivity index (χ4v) is 1.21. The summed E-state index contributed by atoms with van der Waals surface area (Å²) in [6.07, 6.45) is 0. The highest BCUT2D eigenvalue weighted by Crippen LogP contribution is 2.22. The number of ether oxygens (including phenoxy) is 2. The van der Waals surface area contributed by atoms with Gasteiger partial charge in [0.2, 0.25) is 0 Å². The van der Waals surface area contributed by atoms with Crippen molar-refractivity contribution in [2.45, 2.75) is 0 Å². The van der Waals surface area contributed by atoms with Crippen molar-refractivity contribution < 1.29 is 14.3 Å². The molecule has 0 radical (unpaired) electrons. The normalized spacial score (nSPS) is 9.20. The maximum absolute atomic E-state index is 11.0. The van der Waals surface area contributed by atoms with Crippen LogP contribution in [0.5, 0.6) is 5.75 Å². The zero-order chi connectivity index (χ0) is 11.3. The van der Waals surface area contributed by atoms with E-state index in [1.807, 2.05) is 12.1 Å². The molecular formula is C10H11NO3S. The quantitative estimate of drug-likeness (QED) is 0.612. The molecule has 0 aliphatic heterocycles. The number of nitrogens with one attached hydrogen (secondary N) is 1. The third kappa shape index (κ3) is 2.92. The summed E-state index contributed by atoms with van der Waals surface area (Å²) < 4.78 is 9.56. The van der Waals surface area contributed by atoms with Gasteiger partial charge in [0.25, 0.3) is 0 Å². The van der Waals surface area contributed by atoms with Crippen molar-refractivity contribution in [1.82, 2.24) is 0 Å². The van der Waals surface area contributed by atoms with Crippen LogP contribution in [0.4, 0.5) is 5.69 Å². The Balaban J connectivity index is 2.80. The van der Waals surface area contributed by atoms with E-state index < -0.39 is 5.97 Å². The maximum atomic E-state index is 11.0. The third-order valence-electron chi connectivity index (χ3n) is 1.73. The molecule has 0 fully saturated rings. The van der Waals surface area contributed by atoms with Crippen molar-refractivity contribution in [1.29, 1.82) is 0 Å². The topological polar surface area (TPSA) is 47.6 Å². The van der Waals surface area contributed by atoms with E-state index in [4.69, 9.17) is 17.0 Å². The van der Waals surface area contributed by atoms with Crippen LogP contribution in [-0.4, -0.2) is 25.2 Å². The number of hydrogen-bond donors (Lipinski definition) is 1. The predicted molar refractivity (Wildman–Crippen MR) is 61.2 cm³/mol. The molecule has 4 nitrogen and oxygen atoms in total. The Labute approximate surface area is 93.2 Å². The van der Waals surface area contributed by atoms with Crippen molar-refractivity contribution in [2.75, 3.05) is 19.5 Å². The summed E-state index contributed by atoms with van der Waals surface area (Å²) >= 11 is 4.82. The number of methoxy groups -OCH3 is 2. The highest BCUT2D eigenvalue weighted by molar-refractivity contribution is 7.82. The van der Waals surface area contributed by atoms with Crippen LogP contribution in [0, 0.1) is 0 Å². The summed E-state index contributed by atoms with van der Waals surface area (Å²) in [5.74, 6) is 0.0414. The zero-order valence-corrected chi connectivity index (χ0v) is 9.26. The Hall–Kier alpha value is -1.62. The third-order valence-corrected chi connectivity index (χ3v) is 1.99. The second kappa shape index (κ2) is 5.31. The van der Waals surface area contributed by atoms with E-state index >= 15 is 0 Å². The van der Waals surface area contributed by atoms with E-state index in [1.165, 1.54) is 7.11 Å². The molecule has 15 heavy (non-hydrogen) atoms. The first kappa shape index (κ1) is 11.5. The number of anilines is 1. The smallest absolute Gasteiger partial charge is 0.365 e. The summed E-state index contributed by atoms with van der Waals surface area (Å²) in [5.41, 5.74) is 0.635. The molecule has 1 aromatic rings. The van der Waals surface area contributed by atoms with Gasteiger partial charge in [-0.05, 0) is 12.1 Å². The lowest BCUT2D eigenvalue weighted by atomic mass is 10.3. The molecule has 0 heterocycles. The molecule has 0 amide bonds. The number of carbonyl (C=O) groups is 1. The van der Waals surface area contributed by atoms with Gasteiger partial charge in [-0.25, -0.2) is 4.79 Å². The molecule has 0 saturated carbocycles. The molecule has 0 unspecified atom stereocenters. The standard InChI is InChI=1S/C10H11NO3S/c1-13-8-6-4-3-5-7(8)11-9(15)10(12)14-2/h3-6H,1-2H3,(H,11,15). The highest BCUT2D eigenvalue weighted by atomic mass is 32.1. The first-order valence-corrected chi connectivity index (χ1v) is 4.62. The van der Waals surface area contributed by atoms with Crippen LogP contribution in [0.15, 0.2) is 24.3 Å². The van der Waals surface area contributed by atoms with Crippen molar-refractivity contribution in [3.63, 3.8) is 0 Å². The van der Waals surface area contributed by atoms with Crippen molar-refractivity contribution in [3.8, 4) is 5.75 Å². The second-order valence-electron chi connectivity index (χ2n) is 2.65. The summed E-state index contributed by atoms with van der Waals surface area (Å²) in [4.78, 5) is 11.1. The number of esters is 1. The molecule has 0 atom stereocenters. The van der Waals surface area contributed by atoms with Gasteiger partial charge in [0.15, 0.2) is 4.99 Å².